The summed E-state index contributed by atoms with van der Waals surface area (Å²) < 4.78 is 29.5. The maximum absolute atomic E-state index is 12.9. The SMILES string of the molecule is CCOC1CC(N)(c2nc(COc3ccc(F)cc3)no2)C1(C)C.Cl. The predicted molar refractivity (Wildman–Crippen MR) is 92.0 cm³/mol. The lowest BCUT2D eigenvalue weighted by molar-refractivity contribution is -0.162. The van der Waals surface area contributed by atoms with Crippen molar-refractivity contribution in [2.75, 3.05) is 6.61 Å². The summed E-state index contributed by atoms with van der Waals surface area (Å²) in [6.07, 6.45) is 0.701. The highest BCUT2D eigenvalue weighted by Gasteiger charge is 2.62. The van der Waals surface area contributed by atoms with Crippen molar-refractivity contribution in [2.45, 2.75) is 45.4 Å². The van der Waals surface area contributed by atoms with Crippen LogP contribution in [-0.2, 0) is 16.9 Å². The summed E-state index contributed by atoms with van der Waals surface area (Å²) in [4.78, 5) is 4.37. The van der Waals surface area contributed by atoms with Gasteiger partial charge in [-0.25, -0.2) is 4.39 Å². The van der Waals surface area contributed by atoms with Gasteiger partial charge in [-0.3, -0.25) is 0 Å². The van der Waals surface area contributed by atoms with Crippen molar-refractivity contribution in [1.82, 2.24) is 10.1 Å². The molecular formula is C17H23ClFN3O3. The maximum atomic E-state index is 12.9. The topological polar surface area (TPSA) is 83.4 Å². The summed E-state index contributed by atoms with van der Waals surface area (Å²) in [6.45, 7) is 6.81. The Morgan fingerprint density at radius 1 is 1.32 bits per heavy atom. The molecule has 1 aromatic heterocycles. The smallest absolute Gasteiger partial charge is 0.247 e. The monoisotopic (exact) mass is 371 g/mol. The molecule has 25 heavy (non-hydrogen) atoms. The number of nitrogens with two attached hydrogens (primary N) is 1. The van der Waals surface area contributed by atoms with Gasteiger partial charge in [0.15, 0.2) is 6.61 Å². The number of ether oxygens (including phenoxy) is 2. The van der Waals surface area contributed by atoms with E-state index in [0.717, 1.165) is 0 Å². The zero-order chi connectivity index (χ0) is 17.4. The molecule has 0 amide bonds. The second-order valence-corrected chi connectivity index (χ2v) is 6.60. The Morgan fingerprint density at radius 3 is 2.60 bits per heavy atom. The number of aromatic nitrogens is 2. The fourth-order valence-corrected chi connectivity index (χ4v) is 2.97. The average molecular weight is 372 g/mol. The van der Waals surface area contributed by atoms with Gasteiger partial charge < -0.3 is 19.7 Å². The van der Waals surface area contributed by atoms with E-state index in [1.54, 1.807) is 12.1 Å². The van der Waals surface area contributed by atoms with Gasteiger partial charge in [-0.1, -0.05) is 19.0 Å². The van der Waals surface area contributed by atoms with Crippen LogP contribution in [0.1, 0.15) is 38.9 Å². The highest BCUT2D eigenvalue weighted by atomic mass is 35.5. The van der Waals surface area contributed by atoms with Crippen molar-refractivity contribution in [2.24, 2.45) is 11.1 Å². The van der Waals surface area contributed by atoms with E-state index >= 15 is 0 Å². The second kappa shape index (κ2) is 7.27. The molecule has 1 aliphatic carbocycles. The second-order valence-electron chi connectivity index (χ2n) is 6.60. The van der Waals surface area contributed by atoms with Crippen molar-refractivity contribution in [1.29, 1.82) is 0 Å². The minimum Gasteiger partial charge on any atom is -0.485 e. The van der Waals surface area contributed by atoms with E-state index in [4.69, 9.17) is 19.7 Å². The van der Waals surface area contributed by atoms with Crippen LogP contribution in [0.15, 0.2) is 28.8 Å². The Labute approximate surface area is 152 Å². The van der Waals surface area contributed by atoms with Crippen molar-refractivity contribution in [3.05, 3.63) is 41.8 Å². The normalized spacial score (nSPS) is 24.3. The first-order valence-electron chi connectivity index (χ1n) is 7.98. The van der Waals surface area contributed by atoms with Gasteiger partial charge in [0.25, 0.3) is 0 Å². The Hall–Kier alpha value is -1.70. The fraction of sp³-hybridized carbons (Fsp3) is 0.529. The molecule has 8 heteroatoms. The van der Waals surface area contributed by atoms with Gasteiger partial charge in [-0.2, -0.15) is 4.98 Å². The highest BCUT2D eigenvalue weighted by molar-refractivity contribution is 5.85. The number of rotatable bonds is 6. The van der Waals surface area contributed by atoms with Crippen molar-refractivity contribution >= 4 is 12.4 Å². The van der Waals surface area contributed by atoms with Gasteiger partial charge in [0.2, 0.25) is 11.7 Å². The Balaban J connectivity index is 0.00000225. The molecule has 1 aliphatic rings. The third kappa shape index (κ3) is 3.49. The lowest BCUT2D eigenvalue weighted by atomic mass is 9.54. The molecular weight excluding hydrogens is 349 g/mol. The number of hydrogen-bond acceptors (Lipinski definition) is 6. The van der Waals surface area contributed by atoms with E-state index in [0.29, 0.717) is 30.5 Å². The molecule has 6 nitrogen and oxygen atoms in total. The zero-order valence-corrected chi connectivity index (χ0v) is 15.3. The minimum absolute atomic E-state index is 0. The van der Waals surface area contributed by atoms with E-state index in [-0.39, 0.29) is 36.4 Å². The van der Waals surface area contributed by atoms with Gasteiger partial charge >= 0.3 is 0 Å². The van der Waals surface area contributed by atoms with Crippen LogP contribution >= 0.6 is 12.4 Å². The summed E-state index contributed by atoms with van der Waals surface area (Å²) >= 11 is 0. The molecule has 2 atom stereocenters. The third-order valence-corrected chi connectivity index (χ3v) is 4.86. The highest BCUT2D eigenvalue weighted by Crippen LogP contribution is 2.55. The third-order valence-electron chi connectivity index (χ3n) is 4.86. The molecule has 1 aromatic carbocycles. The molecule has 3 rings (SSSR count). The fourth-order valence-electron chi connectivity index (χ4n) is 2.97. The molecule has 2 aromatic rings. The van der Waals surface area contributed by atoms with E-state index in [9.17, 15) is 4.39 Å². The standard InChI is InChI=1S/C17H22FN3O3.ClH/c1-4-22-13-9-17(19,16(13,2)3)15-20-14(21-24-15)10-23-12-7-5-11(18)6-8-12;/h5-8,13H,4,9-10,19H2,1-3H3;1H. The Kier molecular flexibility index (Phi) is 5.71. The van der Waals surface area contributed by atoms with E-state index < -0.39 is 5.54 Å². The first kappa shape index (κ1) is 19.6. The number of benzene rings is 1. The van der Waals surface area contributed by atoms with Gasteiger partial charge in [0.1, 0.15) is 17.1 Å². The molecule has 2 N–H and O–H groups in total. The summed E-state index contributed by atoms with van der Waals surface area (Å²) in [7, 11) is 0. The summed E-state index contributed by atoms with van der Waals surface area (Å²) in [5, 5.41) is 3.93. The average Bonchev–Trinajstić information content (AvgIpc) is 3.03. The van der Waals surface area contributed by atoms with Crippen molar-refractivity contribution in [3.63, 3.8) is 0 Å². The molecule has 0 aliphatic heterocycles. The number of halogens is 2. The largest absolute Gasteiger partial charge is 0.485 e. The molecule has 0 bridgehead atoms. The van der Waals surface area contributed by atoms with Crippen molar-refractivity contribution in [3.8, 4) is 5.75 Å². The van der Waals surface area contributed by atoms with Crippen LogP contribution in [0, 0.1) is 11.2 Å². The van der Waals surface area contributed by atoms with E-state index in [1.165, 1.54) is 12.1 Å². The minimum atomic E-state index is -0.714. The molecule has 138 valence electrons. The first-order valence-corrected chi connectivity index (χ1v) is 7.98. The molecule has 0 radical (unpaired) electrons. The van der Waals surface area contributed by atoms with Crippen LogP contribution < -0.4 is 10.5 Å². The molecule has 2 unspecified atom stereocenters. The van der Waals surface area contributed by atoms with Crippen LogP contribution in [0.3, 0.4) is 0 Å². The van der Waals surface area contributed by atoms with Gasteiger partial charge in [-0.15, -0.1) is 12.4 Å². The Bertz CT molecular complexity index is 707. The van der Waals surface area contributed by atoms with Gasteiger partial charge in [0.05, 0.1) is 6.10 Å². The lowest BCUT2D eigenvalue weighted by Crippen LogP contribution is -2.67. The quantitative estimate of drug-likeness (QED) is 0.839. The van der Waals surface area contributed by atoms with E-state index in [2.05, 4.69) is 10.1 Å². The summed E-state index contributed by atoms with van der Waals surface area (Å²) in [6, 6.07) is 5.75. The van der Waals surface area contributed by atoms with Gasteiger partial charge in [-0.05, 0) is 31.2 Å². The summed E-state index contributed by atoms with van der Waals surface area (Å²) in [5.41, 5.74) is 5.49. The number of nitrogens with zero attached hydrogens (tertiary/aromatic N) is 2. The molecule has 1 fully saturated rings. The van der Waals surface area contributed by atoms with Crippen LogP contribution in [0.4, 0.5) is 4.39 Å². The van der Waals surface area contributed by atoms with E-state index in [1.807, 2.05) is 20.8 Å². The zero-order valence-electron chi connectivity index (χ0n) is 14.5. The predicted octanol–water partition coefficient (Wildman–Crippen LogP) is 3.20. The van der Waals surface area contributed by atoms with Crippen LogP contribution in [0.5, 0.6) is 5.75 Å². The first-order chi connectivity index (χ1) is 11.4. The number of hydrogen-bond donors (Lipinski definition) is 1. The molecule has 1 heterocycles. The molecule has 0 saturated heterocycles. The van der Waals surface area contributed by atoms with Crippen molar-refractivity contribution < 1.29 is 18.4 Å². The van der Waals surface area contributed by atoms with Crippen LogP contribution in [0.2, 0.25) is 0 Å². The molecule has 0 spiro atoms. The van der Waals surface area contributed by atoms with Gasteiger partial charge in [0, 0.05) is 18.4 Å². The van der Waals surface area contributed by atoms with Crippen LogP contribution in [0.25, 0.3) is 0 Å². The van der Waals surface area contributed by atoms with Crippen LogP contribution in [-0.4, -0.2) is 22.9 Å². The summed E-state index contributed by atoms with van der Waals surface area (Å²) in [5.74, 6) is 1.01. The molecule has 1 saturated carbocycles. The lowest BCUT2D eigenvalue weighted by Gasteiger charge is -2.56. The Morgan fingerprint density at radius 2 is 2.00 bits per heavy atom. The maximum Gasteiger partial charge on any atom is 0.247 e.